The fourth-order valence-corrected chi connectivity index (χ4v) is 4.63. The molecule has 0 unspecified atom stereocenters. The zero-order valence-electron chi connectivity index (χ0n) is 12.2. The van der Waals surface area contributed by atoms with Crippen LogP contribution in [0.25, 0.3) is 0 Å². The number of nitrogens with zero attached hydrogens (tertiary/aromatic N) is 2. The molecule has 4 nitrogen and oxygen atoms in total. The average Bonchev–Trinajstić information content (AvgIpc) is 2.53. The number of carboxylic acids is 1. The minimum absolute atomic E-state index is 0.331. The molecule has 2 fully saturated rings. The average molecular weight is 306 g/mol. The first-order valence-corrected chi connectivity index (χ1v) is 8.78. The number of thioether (sulfide) groups is 1. The van der Waals surface area contributed by atoms with E-state index in [1.54, 1.807) is 30.1 Å². The Labute approximate surface area is 129 Å². The number of aromatic nitrogens is 1. The van der Waals surface area contributed by atoms with Gasteiger partial charge in [-0.3, -0.25) is 0 Å². The van der Waals surface area contributed by atoms with E-state index in [1.807, 2.05) is 0 Å². The number of hydrogen-bond acceptors (Lipinski definition) is 4. The summed E-state index contributed by atoms with van der Waals surface area (Å²) in [7, 11) is 0. The second-order valence-corrected chi connectivity index (χ2v) is 7.06. The van der Waals surface area contributed by atoms with Crippen molar-refractivity contribution in [3.05, 3.63) is 23.9 Å². The van der Waals surface area contributed by atoms with Gasteiger partial charge in [0.05, 0.1) is 5.56 Å². The maximum Gasteiger partial charge on any atom is 0.338 e. The van der Waals surface area contributed by atoms with Crippen LogP contribution in [0.4, 0.5) is 0 Å². The van der Waals surface area contributed by atoms with Crippen LogP contribution in [0.2, 0.25) is 0 Å². The fourth-order valence-electron chi connectivity index (χ4n) is 3.49. The lowest BCUT2D eigenvalue weighted by Gasteiger charge is -2.42. The summed E-state index contributed by atoms with van der Waals surface area (Å²) in [6.45, 7) is 2.48. The van der Waals surface area contributed by atoms with Crippen LogP contribution in [0, 0.1) is 5.92 Å². The molecular formula is C16H22N2O2S. The molecule has 3 heterocycles. The maximum absolute atomic E-state index is 11.2. The number of hydrogen-bond donors (Lipinski definition) is 1. The van der Waals surface area contributed by atoms with Crippen LogP contribution in [0.3, 0.4) is 0 Å². The van der Waals surface area contributed by atoms with Gasteiger partial charge in [-0.15, -0.1) is 11.8 Å². The number of aromatic carboxylic acids is 1. The van der Waals surface area contributed by atoms with E-state index in [0.717, 1.165) is 11.8 Å². The third-order valence-electron chi connectivity index (χ3n) is 4.64. The van der Waals surface area contributed by atoms with Crippen LogP contribution in [-0.4, -0.2) is 45.8 Å². The monoisotopic (exact) mass is 306 g/mol. The predicted molar refractivity (Wildman–Crippen MR) is 83.9 cm³/mol. The van der Waals surface area contributed by atoms with E-state index in [1.165, 1.54) is 45.2 Å². The zero-order valence-corrected chi connectivity index (χ0v) is 13.0. The second-order valence-electron chi connectivity index (χ2n) is 6.05. The Kier molecular flexibility index (Phi) is 4.80. The molecule has 114 valence electrons. The SMILES string of the molecule is O=C(O)c1cccnc1SC[C@H]1CCN2CCCC[C@H]2C1. The molecule has 0 radical (unpaired) electrons. The molecule has 0 bridgehead atoms. The van der Waals surface area contributed by atoms with Gasteiger partial charge >= 0.3 is 5.97 Å². The van der Waals surface area contributed by atoms with Crippen molar-refractivity contribution in [3.8, 4) is 0 Å². The van der Waals surface area contributed by atoms with Crippen molar-refractivity contribution in [2.45, 2.75) is 43.2 Å². The molecular weight excluding hydrogens is 284 g/mol. The Morgan fingerprint density at radius 3 is 3.14 bits per heavy atom. The van der Waals surface area contributed by atoms with Crippen LogP contribution < -0.4 is 0 Å². The minimum atomic E-state index is -0.882. The number of piperidine rings is 2. The lowest BCUT2D eigenvalue weighted by atomic mass is 9.87. The molecule has 0 aliphatic carbocycles. The minimum Gasteiger partial charge on any atom is -0.478 e. The number of carboxylic acid groups (broad SMARTS) is 1. The highest BCUT2D eigenvalue weighted by atomic mass is 32.2. The van der Waals surface area contributed by atoms with Crippen LogP contribution >= 0.6 is 11.8 Å². The largest absolute Gasteiger partial charge is 0.478 e. The number of pyridine rings is 1. The molecule has 0 aromatic carbocycles. The lowest BCUT2D eigenvalue weighted by molar-refractivity contribution is 0.0692. The quantitative estimate of drug-likeness (QED) is 0.866. The third-order valence-corrected chi connectivity index (χ3v) is 5.87. The zero-order chi connectivity index (χ0) is 14.7. The van der Waals surface area contributed by atoms with Crippen LogP contribution in [0.1, 0.15) is 42.5 Å². The summed E-state index contributed by atoms with van der Waals surface area (Å²) in [5.74, 6) is 0.799. The van der Waals surface area contributed by atoms with Crippen molar-refractivity contribution in [1.29, 1.82) is 0 Å². The Morgan fingerprint density at radius 1 is 1.38 bits per heavy atom. The van der Waals surface area contributed by atoms with Crippen LogP contribution in [0.15, 0.2) is 23.4 Å². The first-order valence-electron chi connectivity index (χ1n) is 7.79. The lowest BCUT2D eigenvalue weighted by Crippen LogP contribution is -2.45. The number of carbonyl (C=O) groups is 1. The predicted octanol–water partition coefficient (Wildman–Crippen LogP) is 3.14. The Morgan fingerprint density at radius 2 is 2.29 bits per heavy atom. The van der Waals surface area contributed by atoms with Gasteiger partial charge < -0.3 is 10.0 Å². The normalized spacial score (nSPS) is 26.3. The van der Waals surface area contributed by atoms with Gasteiger partial charge in [-0.1, -0.05) is 6.42 Å². The third kappa shape index (κ3) is 3.58. The molecule has 1 aromatic rings. The van der Waals surface area contributed by atoms with Gasteiger partial charge in [-0.2, -0.15) is 0 Å². The molecule has 2 atom stereocenters. The van der Waals surface area contributed by atoms with Gasteiger partial charge in [0.25, 0.3) is 0 Å². The standard InChI is InChI=1S/C16H22N2O2S/c19-16(20)14-5-3-7-17-15(14)21-11-12-6-9-18-8-2-1-4-13(18)10-12/h3,5,7,12-13H,1-2,4,6,8-11H2,(H,19,20)/t12-,13-/m0/s1. The van der Waals surface area contributed by atoms with Crippen LogP contribution in [-0.2, 0) is 0 Å². The molecule has 0 spiro atoms. The van der Waals surface area contributed by atoms with Crippen molar-refractivity contribution < 1.29 is 9.90 Å². The van der Waals surface area contributed by atoms with Crippen molar-refractivity contribution in [3.63, 3.8) is 0 Å². The fraction of sp³-hybridized carbons (Fsp3) is 0.625. The molecule has 0 saturated carbocycles. The first kappa shape index (κ1) is 14.9. The Balaban J connectivity index is 1.57. The van der Waals surface area contributed by atoms with Crippen molar-refractivity contribution in [1.82, 2.24) is 9.88 Å². The molecule has 2 aliphatic heterocycles. The Bertz CT molecular complexity index is 509. The van der Waals surface area contributed by atoms with Crippen LogP contribution in [0.5, 0.6) is 0 Å². The molecule has 1 N–H and O–H groups in total. The van der Waals surface area contributed by atoms with Crippen molar-refractivity contribution in [2.75, 3.05) is 18.8 Å². The van der Waals surface area contributed by atoms with Gasteiger partial charge in [0.15, 0.2) is 0 Å². The first-order chi connectivity index (χ1) is 10.2. The topological polar surface area (TPSA) is 53.4 Å². The highest BCUT2D eigenvalue weighted by molar-refractivity contribution is 7.99. The van der Waals surface area contributed by atoms with Gasteiger partial charge in [-0.25, -0.2) is 9.78 Å². The second kappa shape index (κ2) is 6.79. The van der Waals surface area contributed by atoms with E-state index in [4.69, 9.17) is 0 Å². The number of fused-ring (bicyclic) bond motifs is 1. The van der Waals surface area contributed by atoms with E-state index in [9.17, 15) is 9.90 Å². The molecule has 0 amide bonds. The van der Waals surface area contributed by atoms with Gasteiger partial charge in [0.2, 0.25) is 0 Å². The molecule has 21 heavy (non-hydrogen) atoms. The summed E-state index contributed by atoms with van der Waals surface area (Å²) in [6, 6.07) is 4.09. The van der Waals surface area contributed by atoms with Crippen molar-refractivity contribution in [2.24, 2.45) is 5.92 Å². The summed E-state index contributed by atoms with van der Waals surface area (Å²) in [5, 5.41) is 9.86. The van der Waals surface area contributed by atoms with E-state index >= 15 is 0 Å². The summed E-state index contributed by atoms with van der Waals surface area (Å²) in [5.41, 5.74) is 0.331. The highest BCUT2D eigenvalue weighted by Gasteiger charge is 2.30. The van der Waals surface area contributed by atoms with E-state index in [-0.39, 0.29) is 0 Å². The van der Waals surface area contributed by atoms with E-state index < -0.39 is 5.97 Å². The van der Waals surface area contributed by atoms with E-state index in [0.29, 0.717) is 16.5 Å². The summed E-state index contributed by atoms with van der Waals surface area (Å²) < 4.78 is 0. The highest BCUT2D eigenvalue weighted by Crippen LogP contribution is 2.33. The van der Waals surface area contributed by atoms with Crippen molar-refractivity contribution >= 4 is 17.7 Å². The van der Waals surface area contributed by atoms with Gasteiger partial charge in [-0.05, 0) is 56.8 Å². The summed E-state index contributed by atoms with van der Waals surface area (Å²) >= 11 is 1.61. The smallest absolute Gasteiger partial charge is 0.338 e. The maximum atomic E-state index is 11.2. The molecule has 3 rings (SSSR count). The molecule has 1 aromatic heterocycles. The molecule has 2 saturated heterocycles. The molecule has 2 aliphatic rings. The summed E-state index contributed by atoms with van der Waals surface area (Å²) in [4.78, 5) is 18.1. The van der Waals surface area contributed by atoms with Gasteiger partial charge in [0.1, 0.15) is 5.03 Å². The number of rotatable bonds is 4. The Hall–Kier alpha value is -1.07. The summed E-state index contributed by atoms with van der Waals surface area (Å²) in [6.07, 6.45) is 8.24. The van der Waals surface area contributed by atoms with E-state index in [2.05, 4.69) is 9.88 Å². The van der Waals surface area contributed by atoms with Gasteiger partial charge in [0, 0.05) is 18.0 Å². The molecule has 5 heteroatoms.